The van der Waals surface area contributed by atoms with E-state index < -0.39 is 0 Å². The largest absolute Gasteiger partial charge is 0.381 e. The van der Waals surface area contributed by atoms with Crippen LogP contribution in [0.1, 0.15) is 104 Å². The Hall–Kier alpha value is -0.970. The van der Waals surface area contributed by atoms with Gasteiger partial charge in [0.2, 0.25) is 0 Å². The molecule has 246 valence electrons. The van der Waals surface area contributed by atoms with Crippen LogP contribution in [-0.2, 0) is 9.47 Å². The van der Waals surface area contributed by atoms with Crippen molar-refractivity contribution in [3.63, 3.8) is 0 Å². The average Bonchev–Trinajstić information content (AvgIpc) is 3.54. The van der Waals surface area contributed by atoms with Crippen molar-refractivity contribution in [1.82, 2.24) is 4.90 Å². The maximum Gasteiger partial charge on any atom is 0.0745 e. The third kappa shape index (κ3) is 2.45. The Bertz CT molecular complexity index is 1610. The number of piperidine rings is 1. The number of nitrogens with zero attached hydrogens (tertiary/aromatic N) is 2. The Balaban J connectivity index is 0.914. The number of methoxy groups -OCH3 is 1. The lowest BCUT2D eigenvalue weighted by atomic mass is 9.38. The van der Waals surface area contributed by atoms with Crippen LogP contribution in [-0.4, -0.2) is 62.2 Å². The molecule has 4 heteroatoms. The highest BCUT2D eigenvalue weighted by molar-refractivity contribution is 5.69. The molecule has 0 amide bonds. The van der Waals surface area contributed by atoms with Crippen molar-refractivity contribution < 1.29 is 9.47 Å². The van der Waals surface area contributed by atoms with E-state index in [1.54, 1.807) is 0 Å². The van der Waals surface area contributed by atoms with Gasteiger partial charge in [-0.15, -0.1) is 0 Å². The van der Waals surface area contributed by atoms with Crippen LogP contribution < -0.4 is 0 Å². The molecule has 10 fully saturated rings. The molecule has 0 aromatic carbocycles. The molecule has 0 aromatic rings. The Morgan fingerprint density at radius 1 is 1.00 bits per heavy atom. The number of fused-ring (bicyclic) bond motifs is 3. The van der Waals surface area contributed by atoms with Crippen molar-refractivity contribution in [2.75, 3.05) is 27.2 Å². The minimum absolute atomic E-state index is 0.0339. The number of rotatable bonds is 1. The number of likely N-dealkylation sites (tertiary alicyclic amines) is 1. The van der Waals surface area contributed by atoms with E-state index in [9.17, 15) is 0 Å². The van der Waals surface area contributed by atoms with E-state index in [1.807, 2.05) is 16.7 Å². The molecule has 15 aliphatic rings. The van der Waals surface area contributed by atoms with E-state index in [1.165, 1.54) is 103 Å². The standard InChI is InChI=1S/C42H56N2O2/c1-36-8-5-9-42-30(36)7-11-39-20-40(28(16-31(39)42)33(45-4)32(39)34(42)43-21-36)12-13-41-27-15-26-24-14-23-17-37(2,22-44(3)19-23)25(24)6-10-38(26,18-29(27)41)35(41)46-40/h15,21,23,27-35H,5-14,16-20,22H2,1-4H3/t23-,27+,28-,29+,30-,31-,32-,33?,34-,35+,36+,37+,38-,39-,40+,41-,42+/m1/s1. The summed E-state index contributed by atoms with van der Waals surface area (Å²) in [7, 11) is 4.45. The minimum Gasteiger partial charge on any atom is -0.381 e. The monoisotopic (exact) mass is 620 g/mol. The third-order valence-corrected chi connectivity index (χ3v) is 20.0. The molecule has 0 radical (unpaired) electrons. The summed E-state index contributed by atoms with van der Waals surface area (Å²) in [6, 6.07) is 0.513. The SMILES string of the molecule is COC1[C@H]2C[C@@H]3[C@@]4(CC[C@H]5[C@@]36CCC[C@@]5(C)C=N[C@@H]6[C@@H]14)C[C@@]21CC[C@@]23[C@H]4C=C5C6=C(CC[C@]5(C[C@@H]42)[C@@H]3O1)[C@@]1(C)C[C@@H](C6)CN(C)C1. The van der Waals surface area contributed by atoms with Crippen LogP contribution in [0.25, 0.3) is 0 Å². The summed E-state index contributed by atoms with van der Waals surface area (Å²) >= 11 is 0. The fraction of sp³-hybridized carbons (Fsp3) is 0.881. The zero-order valence-electron chi connectivity index (χ0n) is 29.0. The normalized spacial score (nSPS) is 66.7. The third-order valence-electron chi connectivity index (χ3n) is 20.0. The summed E-state index contributed by atoms with van der Waals surface area (Å²) in [6.07, 6.45) is 25.6. The predicted molar refractivity (Wildman–Crippen MR) is 178 cm³/mol. The van der Waals surface area contributed by atoms with Gasteiger partial charge in [-0.1, -0.05) is 31.9 Å². The minimum atomic E-state index is 0.0339. The highest BCUT2D eigenvalue weighted by Crippen LogP contribution is 2.88. The summed E-state index contributed by atoms with van der Waals surface area (Å²) in [6.45, 7) is 7.77. The summed E-state index contributed by atoms with van der Waals surface area (Å²) in [5.41, 5.74) is 7.95. The van der Waals surface area contributed by atoms with Crippen molar-refractivity contribution in [2.45, 2.75) is 128 Å². The van der Waals surface area contributed by atoms with Crippen LogP contribution in [0.3, 0.4) is 0 Å². The first-order valence-electron chi connectivity index (χ1n) is 20.1. The van der Waals surface area contributed by atoms with Gasteiger partial charge in [0.05, 0.1) is 23.9 Å². The second kappa shape index (κ2) is 7.53. The Morgan fingerprint density at radius 3 is 2.80 bits per heavy atom. The molecular formula is C42H56N2O2. The second-order valence-corrected chi connectivity index (χ2v) is 21.1. The molecule has 3 heterocycles. The van der Waals surface area contributed by atoms with Crippen molar-refractivity contribution in [3.8, 4) is 0 Å². The van der Waals surface area contributed by atoms with Crippen LogP contribution in [0.2, 0.25) is 0 Å². The molecule has 0 aromatic heterocycles. The smallest absolute Gasteiger partial charge is 0.0745 e. The number of allylic oxidation sites excluding steroid dienone is 2. The lowest BCUT2D eigenvalue weighted by Crippen LogP contribution is -2.70. The summed E-state index contributed by atoms with van der Waals surface area (Å²) in [5.74, 6) is 5.45. The quantitative estimate of drug-likeness (QED) is 0.302. The Morgan fingerprint density at radius 2 is 1.91 bits per heavy atom. The van der Waals surface area contributed by atoms with E-state index in [2.05, 4.69) is 45.2 Å². The van der Waals surface area contributed by atoms with Gasteiger partial charge < -0.3 is 14.4 Å². The first kappa shape index (κ1) is 26.8. The number of aliphatic imine (C=N–C) groups is 1. The van der Waals surface area contributed by atoms with Gasteiger partial charge in [-0.25, -0.2) is 0 Å². The first-order chi connectivity index (χ1) is 22.2. The van der Waals surface area contributed by atoms with Crippen molar-refractivity contribution in [2.24, 2.45) is 78.9 Å². The number of ether oxygens (including phenoxy) is 2. The number of hydrogen-bond donors (Lipinski definition) is 0. The van der Waals surface area contributed by atoms with Gasteiger partial charge in [-0.3, -0.25) is 4.99 Å². The maximum absolute atomic E-state index is 8.21. The summed E-state index contributed by atoms with van der Waals surface area (Å²) in [4.78, 5) is 8.28. The number of hydrogen-bond acceptors (Lipinski definition) is 4. The molecule has 46 heavy (non-hydrogen) atoms. The molecule has 1 unspecified atom stereocenters. The van der Waals surface area contributed by atoms with Crippen LogP contribution in [0, 0.1) is 73.9 Å². The first-order valence-corrected chi connectivity index (χ1v) is 20.1. The molecule has 3 aliphatic heterocycles. The van der Waals surface area contributed by atoms with Crippen LogP contribution in [0.4, 0.5) is 0 Å². The van der Waals surface area contributed by atoms with Gasteiger partial charge in [0.25, 0.3) is 0 Å². The maximum atomic E-state index is 8.21. The van der Waals surface area contributed by atoms with Crippen LogP contribution in [0.15, 0.2) is 27.8 Å². The van der Waals surface area contributed by atoms with E-state index in [4.69, 9.17) is 14.5 Å². The summed E-state index contributed by atoms with van der Waals surface area (Å²) < 4.78 is 15.0. The average molecular weight is 621 g/mol. The zero-order valence-corrected chi connectivity index (χ0v) is 29.0. The fourth-order valence-corrected chi connectivity index (χ4v) is 19.4. The molecular weight excluding hydrogens is 564 g/mol. The van der Waals surface area contributed by atoms with Crippen LogP contribution in [0.5, 0.6) is 0 Å². The summed E-state index contributed by atoms with van der Waals surface area (Å²) in [5, 5.41) is 0. The molecule has 12 aliphatic carbocycles. The molecule has 17 atom stereocenters. The molecule has 2 saturated heterocycles. The Kier molecular flexibility index (Phi) is 4.40. The molecule has 12 bridgehead atoms. The second-order valence-electron chi connectivity index (χ2n) is 21.1. The van der Waals surface area contributed by atoms with E-state index in [-0.39, 0.29) is 5.60 Å². The zero-order chi connectivity index (χ0) is 30.4. The van der Waals surface area contributed by atoms with Crippen LogP contribution >= 0.6 is 0 Å². The van der Waals surface area contributed by atoms with E-state index in [0.717, 1.165) is 29.6 Å². The lowest BCUT2D eigenvalue weighted by Gasteiger charge is -2.70. The van der Waals surface area contributed by atoms with Gasteiger partial charge in [0.15, 0.2) is 0 Å². The van der Waals surface area contributed by atoms with Gasteiger partial charge >= 0.3 is 0 Å². The molecule has 4 nitrogen and oxygen atoms in total. The lowest BCUT2D eigenvalue weighted by molar-refractivity contribution is -0.308. The highest BCUT2D eigenvalue weighted by atomic mass is 16.5. The Labute approximate surface area is 276 Å². The van der Waals surface area contributed by atoms with Gasteiger partial charge in [-0.05, 0) is 137 Å². The topological polar surface area (TPSA) is 34.1 Å². The van der Waals surface area contributed by atoms with Gasteiger partial charge in [0.1, 0.15) is 0 Å². The molecule has 8 saturated carbocycles. The molecule has 0 N–H and O–H groups in total. The highest BCUT2D eigenvalue weighted by Gasteiger charge is 2.87. The molecule has 5 spiro atoms. The van der Waals surface area contributed by atoms with E-state index >= 15 is 0 Å². The predicted octanol–water partition coefficient (Wildman–Crippen LogP) is 7.63. The van der Waals surface area contributed by atoms with Crippen molar-refractivity contribution >= 4 is 6.21 Å². The molecule has 15 rings (SSSR count). The van der Waals surface area contributed by atoms with Gasteiger partial charge in [0, 0.05) is 65.3 Å². The van der Waals surface area contributed by atoms with Crippen molar-refractivity contribution in [1.29, 1.82) is 0 Å². The fourth-order valence-electron chi connectivity index (χ4n) is 19.4. The van der Waals surface area contributed by atoms with Gasteiger partial charge in [-0.2, -0.15) is 0 Å². The van der Waals surface area contributed by atoms with E-state index in [0.29, 0.717) is 62.6 Å². The van der Waals surface area contributed by atoms with Crippen molar-refractivity contribution in [3.05, 3.63) is 22.8 Å².